The Kier molecular flexibility index (Phi) is 9.77. The summed E-state index contributed by atoms with van der Waals surface area (Å²) in [7, 11) is 6.00. The Hall–Kier alpha value is -0.820. The Balaban J connectivity index is 0.00000484. The van der Waals surface area contributed by atoms with Crippen LogP contribution in [0.2, 0.25) is 0 Å². The van der Waals surface area contributed by atoms with Gasteiger partial charge in [-0.05, 0) is 46.3 Å². The van der Waals surface area contributed by atoms with Gasteiger partial charge in [-0.25, -0.2) is 0 Å². The molecule has 0 heterocycles. The highest BCUT2D eigenvalue weighted by Gasteiger charge is 2.20. The molecule has 2 N–H and O–H groups in total. The van der Waals surface area contributed by atoms with Crippen LogP contribution < -0.4 is 10.6 Å². The van der Waals surface area contributed by atoms with Gasteiger partial charge in [-0.15, -0.1) is 24.0 Å². The second-order valence-corrected chi connectivity index (χ2v) is 6.83. The average Bonchev–Trinajstić information content (AvgIpc) is 2.47. The first-order valence-electron chi connectivity index (χ1n) is 7.95. The molecule has 1 atom stereocenters. The fourth-order valence-electron chi connectivity index (χ4n) is 1.94. The lowest BCUT2D eigenvalue weighted by molar-refractivity contribution is 0.197. The van der Waals surface area contributed by atoms with Crippen LogP contribution in [0.4, 0.5) is 0 Å². The van der Waals surface area contributed by atoms with Gasteiger partial charge in [-0.2, -0.15) is 0 Å². The highest BCUT2D eigenvalue weighted by molar-refractivity contribution is 14.0. The SMILES string of the molecule is CN=C(NCC(C)c1ccc(C)cc1)NCC(C)(C)N(C)C.I. The van der Waals surface area contributed by atoms with E-state index in [0.29, 0.717) is 5.92 Å². The van der Waals surface area contributed by atoms with Crippen LogP contribution in [0.5, 0.6) is 0 Å². The Morgan fingerprint density at radius 3 is 2.22 bits per heavy atom. The molecule has 0 aromatic heterocycles. The number of hydrogen-bond donors (Lipinski definition) is 2. The maximum atomic E-state index is 4.31. The summed E-state index contributed by atoms with van der Waals surface area (Å²) in [5.41, 5.74) is 2.73. The second-order valence-electron chi connectivity index (χ2n) is 6.83. The molecule has 0 bridgehead atoms. The van der Waals surface area contributed by atoms with Crippen molar-refractivity contribution in [3.63, 3.8) is 0 Å². The molecule has 0 aliphatic carbocycles. The first-order valence-corrected chi connectivity index (χ1v) is 7.95. The minimum atomic E-state index is 0. The molecule has 1 rings (SSSR count). The minimum absolute atomic E-state index is 0. The number of halogens is 1. The van der Waals surface area contributed by atoms with E-state index in [1.54, 1.807) is 0 Å². The smallest absolute Gasteiger partial charge is 0.191 e. The van der Waals surface area contributed by atoms with E-state index in [2.05, 4.69) is 86.6 Å². The molecule has 0 saturated carbocycles. The van der Waals surface area contributed by atoms with Gasteiger partial charge in [0.2, 0.25) is 0 Å². The number of aryl methyl sites for hydroxylation is 1. The highest BCUT2D eigenvalue weighted by atomic mass is 127. The van der Waals surface area contributed by atoms with E-state index in [1.165, 1.54) is 11.1 Å². The van der Waals surface area contributed by atoms with Crippen LogP contribution in [0.25, 0.3) is 0 Å². The fourth-order valence-corrected chi connectivity index (χ4v) is 1.94. The first kappa shape index (κ1) is 22.2. The van der Waals surface area contributed by atoms with Crippen molar-refractivity contribution in [2.24, 2.45) is 4.99 Å². The van der Waals surface area contributed by atoms with Crippen molar-refractivity contribution in [2.75, 3.05) is 34.2 Å². The van der Waals surface area contributed by atoms with Crippen LogP contribution in [0.1, 0.15) is 37.8 Å². The van der Waals surface area contributed by atoms with Crippen molar-refractivity contribution in [3.05, 3.63) is 35.4 Å². The molecule has 5 heteroatoms. The van der Waals surface area contributed by atoms with Crippen LogP contribution in [-0.2, 0) is 0 Å². The van der Waals surface area contributed by atoms with E-state index in [9.17, 15) is 0 Å². The topological polar surface area (TPSA) is 39.7 Å². The van der Waals surface area contributed by atoms with E-state index in [0.717, 1.165) is 19.0 Å². The van der Waals surface area contributed by atoms with Gasteiger partial charge in [-0.3, -0.25) is 4.99 Å². The lowest BCUT2D eigenvalue weighted by Crippen LogP contribution is -2.51. The molecule has 0 radical (unpaired) electrons. The first-order chi connectivity index (χ1) is 10.3. The number of rotatable bonds is 6. The van der Waals surface area contributed by atoms with Crippen molar-refractivity contribution in [1.29, 1.82) is 0 Å². The molecule has 0 saturated heterocycles. The van der Waals surface area contributed by atoms with E-state index >= 15 is 0 Å². The fraction of sp³-hybridized carbons (Fsp3) is 0.611. The maximum absolute atomic E-state index is 4.31. The molecule has 1 unspecified atom stereocenters. The monoisotopic (exact) mass is 432 g/mol. The molecular formula is C18H33IN4. The molecule has 1 aromatic carbocycles. The third-order valence-corrected chi connectivity index (χ3v) is 4.34. The third-order valence-electron chi connectivity index (χ3n) is 4.34. The number of nitrogens with zero attached hydrogens (tertiary/aromatic N) is 2. The van der Waals surface area contributed by atoms with Gasteiger partial charge in [0.15, 0.2) is 5.96 Å². The molecule has 1 aromatic rings. The third kappa shape index (κ3) is 7.52. The summed E-state index contributed by atoms with van der Waals surface area (Å²) in [5.74, 6) is 1.30. The summed E-state index contributed by atoms with van der Waals surface area (Å²) in [6.07, 6.45) is 0. The summed E-state index contributed by atoms with van der Waals surface area (Å²) in [6, 6.07) is 8.73. The normalized spacial score (nSPS) is 13.5. The van der Waals surface area contributed by atoms with Crippen LogP contribution in [0.3, 0.4) is 0 Å². The summed E-state index contributed by atoms with van der Waals surface area (Å²) in [6.45, 7) is 10.5. The molecule has 132 valence electrons. The Morgan fingerprint density at radius 2 is 1.74 bits per heavy atom. The van der Waals surface area contributed by atoms with Crippen LogP contribution in [-0.4, -0.2) is 50.6 Å². The molecule has 0 aliphatic rings. The Morgan fingerprint density at radius 1 is 1.17 bits per heavy atom. The van der Waals surface area contributed by atoms with Gasteiger partial charge in [0.25, 0.3) is 0 Å². The second kappa shape index (κ2) is 10.1. The number of guanidine groups is 1. The number of benzene rings is 1. The van der Waals surface area contributed by atoms with E-state index in [-0.39, 0.29) is 29.5 Å². The van der Waals surface area contributed by atoms with Gasteiger partial charge < -0.3 is 15.5 Å². The predicted octanol–water partition coefficient (Wildman–Crippen LogP) is 3.22. The van der Waals surface area contributed by atoms with E-state index in [1.807, 2.05) is 7.05 Å². The van der Waals surface area contributed by atoms with Crippen molar-refractivity contribution < 1.29 is 0 Å². The zero-order chi connectivity index (χ0) is 16.8. The van der Waals surface area contributed by atoms with Gasteiger partial charge in [0, 0.05) is 25.7 Å². The average molecular weight is 432 g/mol. The van der Waals surface area contributed by atoms with Crippen LogP contribution in [0.15, 0.2) is 29.3 Å². The molecule has 0 spiro atoms. The quantitative estimate of drug-likeness (QED) is 0.412. The van der Waals surface area contributed by atoms with Crippen molar-refractivity contribution in [3.8, 4) is 0 Å². The summed E-state index contributed by atoms with van der Waals surface area (Å²) >= 11 is 0. The molecule has 0 fully saturated rings. The van der Waals surface area contributed by atoms with Gasteiger partial charge >= 0.3 is 0 Å². The maximum Gasteiger partial charge on any atom is 0.191 e. The van der Waals surface area contributed by atoms with Gasteiger partial charge in [-0.1, -0.05) is 36.8 Å². The van der Waals surface area contributed by atoms with E-state index < -0.39 is 0 Å². The molecule has 0 amide bonds. The number of aliphatic imine (C=N–C) groups is 1. The molecule has 4 nitrogen and oxygen atoms in total. The number of likely N-dealkylation sites (N-methyl/N-ethyl adjacent to an activating group) is 1. The Labute approximate surface area is 159 Å². The van der Waals surface area contributed by atoms with Crippen molar-refractivity contribution >= 4 is 29.9 Å². The summed E-state index contributed by atoms with van der Waals surface area (Å²) < 4.78 is 0. The zero-order valence-electron chi connectivity index (χ0n) is 15.6. The number of nitrogens with one attached hydrogen (secondary N) is 2. The zero-order valence-corrected chi connectivity index (χ0v) is 17.9. The largest absolute Gasteiger partial charge is 0.356 e. The van der Waals surface area contributed by atoms with Crippen LogP contribution >= 0.6 is 24.0 Å². The molecular weight excluding hydrogens is 399 g/mol. The predicted molar refractivity (Wildman–Crippen MR) is 112 cm³/mol. The van der Waals surface area contributed by atoms with Gasteiger partial charge in [0.1, 0.15) is 0 Å². The molecule has 23 heavy (non-hydrogen) atoms. The van der Waals surface area contributed by atoms with Crippen molar-refractivity contribution in [1.82, 2.24) is 15.5 Å². The Bertz CT molecular complexity index is 480. The standard InChI is InChI=1S/C18H32N4.HI/c1-14-8-10-16(11-9-14)15(2)12-20-17(19-5)21-13-18(3,4)22(6)7;/h8-11,15H,12-13H2,1-7H3,(H2,19,20,21);1H. The summed E-state index contributed by atoms with van der Waals surface area (Å²) in [4.78, 5) is 6.52. The number of hydrogen-bond acceptors (Lipinski definition) is 2. The lowest BCUT2D eigenvalue weighted by Gasteiger charge is -2.33. The van der Waals surface area contributed by atoms with E-state index in [4.69, 9.17) is 0 Å². The summed E-state index contributed by atoms with van der Waals surface area (Å²) in [5, 5.41) is 6.82. The highest BCUT2D eigenvalue weighted by Crippen LogP contribution is 2.14. The molecule has 0 aliphatic heterocycles. The van der Waals surface area contributed by atoms with Gasteiger partial charge in [0.05, 0.1) is 0 Å². The van der Waals surface area contributed by atoms with Crippen LogP contribution in [0, 0.1) is 6.92 Å². The minimum Gasteiger partial charge on any atom is -0.356 e. The lowest BCUT2D eigenvalue weighted by atomic mass is 10.0. The van der Waals surface area contributed by atoms with Crippen molar-refractivity contribution in [2.45, 2.75) is 39.2 Å².